The van der Waals surface area contributed by atoms with Crippen molar-refractivity contribution in [3.8, 4) is 5.75 Å². The lowest BCUT2D eigenvalue weighted by molar-refractivity contribution is -0.167. The number of amides is 1. The standard InChI is InChI=1S/C37H59F2NO7/c1-5-8-10-14-17-25-36(38,39)26-18-15-12-11-13-16-19-31(37(45,24-7-3)35(43)44)33(41)40-32(34(42)46-4)28-29-20-22-30(23-21-29)47-27-9-6-2/h16,19-23,31-32,45H,5-15,17-18,24-28H2,1-4H3,(H,40,41)(H,43,44)/b19-16+/t31-,32+,37+/m1/s1. The SMILES string of the molecule is CCCCCCCC(F)(F)CCCCCC/C=C/[C@H](C(=O)N[C@@H](Cc1ccc(OCCCC)cc1)C(=O)OC)[C@@](O)(CCC)C(=O)O. The molecule has 0 aliphatic carbocycles. The molecule has 268 valence electrons. The van der Waals surface area contributed by atoms with Gasteiger partial charge < -0.3 is 25.0 Å². The Kier molecular flexibility index (Phi) is 20.9. The van der Waals surface area contributed by atoms with Gasteiger partial charge in [0.1, 0.15) is 11.8 Å². The van der Waals surface area contributed by atoms with E-state index in [9.17, 15) is 33.4 Å². The Morgan fingerprint density at radius 2 is 1.45 bits per heavy atom. The summed E-state index contributed by atoms with van der Waals surface area (Å²) in [6.07, 6.45) is 12.4. The molecule has 1 amide bonds. The number of alkyl halides is 2. The van der Waals surface area contributed by atoms with Crippen LogP contribution >= 0.6 is 0 Å². The van der Waals surface area contributed by atoms with Gasteiger partial charge in [-0.1, -0.05) is 96.4 Å². The fourth-order valence-electron chi connectivity index (χ4n) is 5.47. The number of hydrogen-bond acceptors (Lipinski definition) is 6. The van der Waals surface area contributed by atoms with Crippen molar-refractivity contribution in [3.05, 3.63) is 42.0 Å². The number of unbranched alkanes of at least 4 members (excludes halogenated alkanes) is 9. The molecule has 0 radical (unpaired) electrons. The van der Waals surface area contributed by atoms with E-state index in [1.165, 1.54) is 13.2 Å². The number of aliphatic hydroxyl groups is 1. The minimum Gasteiger partial charge on any atom is -0.494 e. The van der Waals surface area contributed by atoms with Crippen molar-refractivity contribution >= 4 is 17.8 Å². The molecule has 3 atom stereocenters. The molecule has 1 aromatic carbocycles. The molecule has 0 bridgehead atoms. The van der Waals surface area contributed by atoms with Crippen molar-refractivity contribution < 1.29 is 42.9 Å². The van der Waals surface area contributed by atoms with Crippen LogP contribution in [0.5, 0.6) is 5.75 Å². The maximum Gasteiger partial charge on any atom is 0.336 e. The van der Waals surface area contributed by atoms with E-state index >= 15 is 0 Å². The van der Waals surface area contributed by atoms with Gasteiger partial charge >= 0.3 is 11.9 Å². The Balaban J connectivity index is 2.83. The highest BCUT2D eigenvalue weighted by atomic mass is 19.3. The molecule has 0 saturated heterocycles. The number of rotatable bonds is 27. The van der Waals surface area contributed by atoms with Crippen molar-refractivity contribution in [1.29, 1.82) is 0 Å². The highest BCUT2D eigenvalue weighted by Crippen LogP contribution is 2.29. The predicted octanol–water partition coefficient (Wildman–Crippen LogP) is 8.19. The third kappa shape index (κ3) is 16.6. The van der Waals surface area contributed by atoms with Gasteiger partial charge in [0.05, 0.1) is 19.6 Å². The summed E-state index contributed by atoms with van der Waals surface area (Å²) in [6.45, 7) is 6.46. The van der Waals surface area contributed by atoms with Crippen molar-refractivity contribution in [1.82, 2.24) is 5.32 Å². The van der Waals surface area contributed by atoms with Crippen molar-refractivity contribution in [2.45, 2.75) is 147 Å². The summed E-state index contributed by atoms with van der Waals surface area (Å²) in [5, 5.41) is 23.7. The third-order valence-corrected chi connectivity index (χ3v) is 8.37. The van der Waals surface area contributed by atoms with Crippen LogP contribution in [0.15, 0.2) is 36.4 Å². The number of carbonyl (C=O) groups excluding carboxylic acids is 2. The minimum absolute atomic E-state index is 0.0651. The fourth-order valence-corrected chi connectivity index (χ4v) is 5.47. The van der Waals surface area contributed by atoms with Crippen molar-refractivity contribution in [2.75, 3.05) is 13.7 Å². The Morgan fingerprint density at radius 1 is 0.851 bits per heavy atom. The molecular weight excluding hydrogens is 608 g/mol. The Labute approximate surface area is 280 Å². The maximum absolute atomic E-state index is 14.2. The lowest BCUT2D eigenvalue weighted by Crippen LogP contribution is -2.54. The van der Waals surface area contributed by atoms with Crippen molar-refractivity contribution in [2.24, 2.45) is 5.92 Å². The molecule has 0 unspecified atom stereocenters. The minimum atomic E-state index is -2.64. The predicted molar refractivity (Wildman–Crippen MR) is 181 cm³/mol. The molecule has 8 nitrogen and oxygen atoms in total. The monoisotopic (exact) mass is 667 g/mol. The number of benzene rings is 1. The molecule has 0 aliphatic rings. The molecule has 0 spiro atoms. The molecule has 0 fully saturated rings. The van der Waals surface area contributed by atoms with Crippen LogP contribution in [0, 0.1) is 5.92 Å². The number of ether oxygens (including phenoxy) is 2. The molecule has 0 heterocycles. The number of aliphatic carboxylic acids is 1. The first-order valence-corrected chi connectivity index (χ1v) is 17.5. The molecular formula is C37H59F2NO7. The number of allylic oxidation sites excluding steroid dienone is 1. The van der Waals surface area contributed by atoms with Crippen molar-refractivity contribution in [3.63, 3.8) is 0 Å². The first kappa shape index (κ1) is 42.0. The van der Waals surface area contributed by atoms with E-state index < -0.39 is 41.3 Å². The Bertz CT molecular complexity index is 1060. The number of nitrogens with one attached hydrogen (secondary N) is 1. The number of carbonyl (C=O) groups is 3. The molecule has 3 N–H and O–H groups in total. The van der Waals surface area contributed by atoms with Gasteiger partial charge in [0.25, 0.3) is 0 Å². The molecule has 47 heavy (non-hydrogen) atoms. The number of carboxylic acid groups (broad SMARTS) is 1. The van der Waals surface area contributed by atoms with E-state index in [1.54, 1.807) is 37.3 Å². The zero-order valence-electron chi connectivity index (χ0n) is 29.0. The van der Waals surface area contributed by atoms with Crippen LogP contribution < -0.4 is 10.1 Å². The molecule has 1 rings (SSSR count). The van der Waals surface area contributed by atoms with Gasteiger partial charge in [0.2, 0.25) is 11.8 Å². The number of hydrogen-bond donors (Lipinski definition) is 3. The zero-order valence-corrected chi connectivity index (χ0v) is 29.0. The van der Waals surface area contributed by atoms with Crippen LogP contribution in [-0.4, -0.2) is 59.3 Å². The third-order valence-electron chi connectivity index (χ3n) is 8.37. The summed E-state index contributed by atoms with van der Waals surface area (Å²) in [5.41, 5.74) is -1.67. The van der Waals surface area contributed by atoms with Gasteiger partial charge in [-0.15, -0.1) is 0 Å². The smallest absolute Gasteiger partial charge is 0.336 e. The van der Waals surface area contributed by atoms with E-state index in [0.29, 0.717) is 57.3 Å². The summed E-state index contributed by atoms with van der Waals surface area (Å²) >= 11 is 0. The van der Waals surface area contributed by atoms with Crippen LogP contribution in [-0.2, 0) is 25.5 Å². The molecule has 1 aromatic rings. The second-order valence-electron chi connectivity index (χ2n) is 12.5. The van der Waals surface area contributed by atoms with E-state index in [4.69, 9.17) is 9.47 Å². The number of carboxylic acids is 1. The van der Waals surface area contributed by atoms with Crippen LogP contribution in [0.1, 0.15) is 129 Å². The number of halogens is 2. The van der Waals surface area contributed by atoms with Gasteiger partial charge in [0, 0.05) is 19.3 Å². The average molecular weight is 668 g/mol. The van der Waals surface area contributed by atoms with Gasteiger partial charge in [-0.3, -0.25) is 4.79 Å². The van der Waals surface area contributed by atoms with Gasteiger partial charge in [-0.2, -0.15) is 0 Å². The van der Waals surface area contributed by atoms with E-state index in [1.807, 2.05) is 0 Å². The summed E-state index contributed by atoms with van der Waals surface area (Å²) in [5.74, 6) is -6.49. The zero-order chi connectivity index (χ0) is 35.1. The highest BCUT2D eigenvalue weighted by molar-refractivity contribution is 5.92. The quantitative estimate of drug-likeness (QED) is 0.0491. The normalized spacial score (nSPS) is 14.4. The highest BCUT2D eigenvalue weighted by Gasteiger charge is 2.46. The first-order valence-electron chi connectivity index (χ1n) is 17.5. The topological polar surface area (TPSA) is 122 Å². The molecule has 0 aliphatic heterocycles. The largest absolute Gasteiger partial charge is 0.494 e. The molecule has 10 heteroatoms. The van der Waals surface area contributed by atoms with Crippen LogP contribution in [0.2, 0.25) is 0 Å². The first-order chi connectivity index (χ1) is 22.4. The second-order valence-corrected chi connectivity index (χ2v) is 12.5. The summed E-state index contributed by atoms with van der Waals surface area (Å²) in [7, 11) is 1.20. The van der Waals surface area contributed by atoms with Crippen LogP contribution in [0.25, 0.3) is 0 Å². The maximum atomic E-state index is 14.2. The number of esters is 1. The summed E-state index contributed by atoms with van der Waals surface area (Å²) in [4.78, 5) is 38.4. The van der Waals surface area contributed by atoms with Crippen LogP contribution in [0.3, 0.4) is 0 Å². The van der Waals surface area contributed by atoms with Gasteiger partial charge in [0.15, 0.2) is 5.60 Å². The lowest BCUT2D eigenvalue weighted by atomic mass is 9.82. The van der Waals surface area contributed by atoms with Gasteiger partial charge in [-0.05, 0) is 56.2 Å². The summed E-state index contributed by atoms with van der Waals surface area (Å²) in [6, 6.07) is 5.99. The van der Waals surface area contributed by atoms with E-state index in [2.05, 4.69) is 19.2 Å². The average Bonchev–Trinajstić information content (AvgIpc) is 3.04. The number of methoxy groups -OCH3 is 1. The molecule has 0 saturated carbocycles. The molecule has 0 aromatic heterocycles. The lowest BCUT2D eigenvalue weighted by Gasteiger charge is -2.30. The summed E-state index contributed by atoms with van der Waals surface area (Å²) < 4.78 is 38.9. The fraction of sp³-hybridized carbons (Fsp3) is 0.703. The van der Waals surface area contributed by atoms with E-state index in [0.717, 1.165) is 44.1 Å². The Morgan fingerprint density at radius 3 is 2.00 bits per heavy atom. The van der Waals surface area contributed by atoms with Gasteiger partial charge in [-0.25, -0.2) is 18.4 Å². The second kappa shape index (κ2) is 23.3. The van der Waals surface area contributed by atoms with E-state index in [-0.39, 0.29) is 25.7 Å². The van der Waals surface area contributed by atoms with Crippen LogP contribution in [0.4, 0.5) is 8.78 Å². The Hall–Kier alpha value is -3.01.